The quantitative estimate of drug-likeness (QED) is 0.128. The number of hydrogen-bond donors (Lipinski definition) is 1. The number of ether oxygens (including phenoxy) is 1. The molecular weight excluding hydrogens is 516 g/mol. The van der Waals surface area contributed by atoms with E-state index in [-0.39, 0.29) is 11.6 Å². The van der Waals surface area contributed by atoms with Crippen LogP contribution in [0.3, 0.4) is 0 Å². The normalized spacial score (nSPS) is 19.2. The summed E-state index contributed by atoms with van der Waals surface area (Å²) in [6.07, 6.45) is 13.3. The molecule has 0 aromatic heterocycles. The molecule has 0 aliphatic heterocycles. The molecular formula is C32H39ClO4S. The van der Waals surface area contributed by atoms with Gasteiger partial charge < -0.3 is 9.84 Å². The number of allylic oxidation sites excluding steroid dienone is 2. The topological polar surface area (TPSA) is 63.6 Å². The molecule has 2 aromatic rings. The number of benzene rings is 2. The van der Waals surface area contributed by atoms with Crippen molar-refractivity contribution in [2.24, 2.45) is 5.92 Å². The highest BCUT2D eigenvalue weighted by Crippen LogP contribution is 2.41. The van der Waals surface area contributed by atoms with Crippen molar-refractivity contribution in [2.45, 2.75) is 76.6 Å². The van der Waals surface area contributed by atoms with E-state index in [4.69, 9.17) is 16.3 Å². The summed E-state index contributed by atoms with van der Waals surface area (Å²) in [6.45, 7) is 4.28. The summed E-state index contributed by atoms with van der Waals surface area (Å²) in [4.78, 5) is 25.8. The first kappa shape index (κ1) is 30.2. The van der Waals surface area contributed by atoms with Crippen LogP contribution in [0.25, 0.3) is 0 Å². The summed E-state index contributed by atoms with van der Waals surface area (Å²) < 4.78 is 5.79. The van der Waals surface area contributed by atoms with Crippen LogP contribution in [0, 0.1) is 5.92 Å². The first-order chi connectivity index (χ1) is 18.3. The maximum absolute atomic E-state index is 13.4. The van der Waals surface area contributed by atoms with E-state index in [1.807, 2.05) is 42.5 Å². The molecule has 2 aromatic carbocycles. The number of hydrogen-bond acceptors (Lipinski definition) is 5. The number of Topliss-reactive ketones (excluding diaryl/α,β-unsaturated/α-hetero) is 2. The number of carbonyl (C=O) groups excluding carboxylic acids is 2. The summed E-state index contributed by atoms with van der Waals surface area (Å²) in [6, 6.07) is 14.8. The summed E-state index contributed by atoms with van der Waals surface area (Å²) in [5, 5.41) is 12.3. The van der Waals surface area contributed by atoms with Crippen molar-refractivity contribution in [3.05, 3.63) is 87.8 Å². The first-order valence-electron chi connectivity index (χ1n) is 13.6. The van der Waals surface area contributed by atoms with E-state index >= 15 is 0 Å². The van der Waals surface area contributed by atoms with Crippen LogP contribution in [-0.2, 0) is 10.5 Å². The molecule has 0 amide bonds. The van der Waals surface area contributed by atoms with Gasteiger partial charge in [0.1, 0.15) is 11.4 Å². The van der Waals surface area contributed by atoms with Gasteiger partial charge in [-0.25, -0.2) is 0 Å². The summed E-state index contributed by atoms with van der Waals surface area (Å²) in [5.41, 5.74) is 0.368. The predicted molar refractivity (Wildman–Crippen MR) is 158 cm³/mol. The van der Waals surface area contributed by atoms with Gasteiger partial charge in [-0.2, -0.15) is 0 Å². The fraction of sp³-hybridized carbons (Fsp3) is 0.438. The molecule has 0 saturated heterocycles. The molecule has 0 saturated carbocycles. The number of carbonyl (C=O) groups is 2. The molecule has 1 aliphatic rings. The summed E-state index contributed by atoms with van der Waals surface area (Å²) in [7, 11) is 0. The van der Waals surface area contributed by atoms with E-state index in [0.29, 0.717) is 34.3 Å². The van der Waals surface area contributed by atoms with Gasteiger partial charge in [0.05, 0.1) is 17.4 Å². The van der Waals surface area contributed by atoms with Crippen LogP contribution in [0.1, 0.15) is 81.1 Å². The van der Waals surface area contributed by atoms with Gasteiger partial charge in [-0.1, -0.05) is 68.1 Å². The Balaban J connectivity index is 1.61. The Morgan fingerprint density at radius 2 is 1.89 bits per heavy atom. The van der Waals surface area contributed by atoms with Gasteiger partial charge in [0.2, 0.25) is 0 Å². The van der Waals surface area contributed by atoms with Crippen molar-refractivity contribution >= 4 is 34.9 Å². The molecule has 0 fully saturated rings. The minimum absolute atomic E-state index is 0.00512. The second kappa shape index (κ2) is 15.3. The van der Waals surface area contributed by atoms with Crippen molar-refractivity contribution in [2.75, 3.05) is 6.61 Å². The number of unbranched alkanes of at least 4 members (excludes halogenated alkanes) is 5. The third kappa shape index (κ3) is 9.14. The van der Waals surface area contributed by atoms with Gasteiger partial charge in [0.15, 0.2) is 11.6 Å². The lowest BCUT2D eigenvalue weighted by Crippen LogP contribution is -2.34. The van der Waals surface area contributed by atoms with Crippen LogP contribution in [0.15, 0.2) is 71.7 Å². The SMILES string of the molecule is CCCCCC/C=C/C1(O)C=C(SCc2cccc(C(C)=O)c2)C(=O)C1CCCCOc1ccc(Cl)cc1. The molecule has 2 atom stereocenters. The van der Waals surface area contributed by atoms with Crippen LogP contribution >= 0.6 is 23.4 Å². The Morgan fingerprint density at radius 1 is 1.11 bits per heavy atom. The average molecular weight is 555 g/mol. The standard InChI is InChI=1S/C32H39ClO4S/c1-3-4-5-6-7-9-19-32(36)22-30(38-23-25-12-11-13-26(21-25)24(2)34)31(35)29(32)14-8-10-20-37-28-17-15-27(33)16-18-28/h9,11-13,15-19,21-22,29,36H,3-8,10,14,20,23H2,1-2H3/b19-9+. The highest BCUT2D eigenvalue weighted by molar-refractivity contribution is 8.03. The Labute approximate surface area is 236 Å². The third-order valence-corrected chi connectivity index (χ3v) is 8.15. The lowest BCUT2D eigenvalue weighted by Gasteiger charge is -2.25. The molecule has 3 rings (SSSR count). The van der Waals surface area contributed by atoms with Gasteiger partial charge in [0.25, 0.3) is 0 Å². The number of ketones is 2. The molecule has 1 N–H and O–H groups in total. The fourth-order valence-corrected chi connectivity index (χ4v) is 5.76. The molecule has 4 nitrogen and oxygen atoms in total. The Kier molecular flexibility index (Phi) is 12.2. The third-order valence-electron chi connectivity index (χ3n) is 6.79. The molecule has 0 heterocycles. The first-order valence-corrected chi connectivity index (χ1v) is 15.0. The van der Waals surface area contributed by atoms with Gasteiger partial charge in [-0.05, 0) is 81.0 Å². The summed E-state index contributed by atoms with van der Waals surface area (Å²) in [5.74, 6) is 0.844. The molecule has 0 spiro atoms. The average Bonchev–Trinajstić information content (AvgIpc) is 3.15. The largest absolute Gasteiger partial charge is 0.494 e. The lowest BCUT2D eigenvalue weighted by molar-refractivity contribution is -0.121. The van der Waals surface area contributed by atoms with Gasteiger partial charge >= 0.3 is 0 Å². The second-order valence-corrected chi connectivity index (χ2v) is 11.4. The van der Waals surface area contributed by atoms with Gasteiger partial charge in [-0.3, -0.25) is 9.59 Å². The molecule has 6 heteroatoms. The summed E-state index contributed by atoms with van der Waals surface area (Å²) >= 11 is 7.36. The number of thioether (sulfide) groups is 1. The van der Waals surface area contributed by atoms with E-state index in [1.54, 1.807) is 31.2 Å². The van der Waals surface area contributed by atoms with Crippen LogP contribution in [-0.4, -0.2) is 28.9 Å². The van der Waals surface area contributed by atoms with Gasteiger partial charge in [-0.15, -0.1) is 11.8 Å². The highest BCUT2D eigenvalue weighted by atomic mass is 35.5. The molecule has 204 valence electrons. The second-order valence-electron chi connectivity index (χ2n) is 9.91. The lowest BCUT2D eigenvalue weighted by atomic mass is 9.85. The smallest absolute Gasteiger partial charge is 0.175 e. The van der Waals surface area contributed by atoms with E-state index in [9.17, 15) is 14.7 Å². The number of rotatable bonds is 16. The molecule has 1 aliphatic carbocycles. The maximum Gasteiger partial charge on any atom is 0.175 e. The monoisotopic (exact) mass is 554 g/mol. The van der Waals surface area contributed by atoms with Crippen molar-refractivity contribution in [1.29, 1.82) is 0 Å². The van der Waals surface area contributed by atoms with E-state index in [2.05, 4.69) is 6.92 Å². The zero-order chi connectivity index (χ0) is 27.4. The molecule has 0 bridgehead atoms. The van der Waals surface area contributed by atoms with Gasteiger partial charge in [0, 0.05) is 16.3 Å². The van der Waals surface area contributed by atoms with Crippen molar-refractivity contribution in [1.82, 2.24) is 0 Å². The minimum Gasteiger partial charge on any atom is -0.494 e. The zero-order valence-electron chi connectivity index (χ0n) is 22.5. The molecule has 2 unspecified atom stereocenters. The minimum atomic E-state index is -1.28. The van der Waals surface area contributed by atoms with E-state index < -0.39 is 11.5 Å². The highest BCUT2D eigenvalue weighted by Gasteiger charge is 2.44. The Hall–Kier alpha value is -2.34. The maximum atomic E-state index is 13.4. The zero-order valence-corrected chi connectivity index (χ0v) is 24.0. The number of aliphatic hydroxyl groups is 1. The van der Waals surface area contributed by atoms with Crippen LogP contribution in [0.4, 0.5) is 0 Å². The van der Waals surface area contributed by atoms with Crippen LogP contribution in [0.5, 0.6) is 5.75 Å². The van der Waals surface area contributed by atoms with E-state index in [1.165, 1.54) is 31.0 Å². The molecule has 38 heavy (non-hydrogen) atoms. The van der Waals surface area contributed by atoms with Crippen molar-refractivity contribution in [3.63, 3.8) is 0 Å². The number of halogens is 1. The van der Waals surface area contributed by atoms with Crippen molar-refractivity contribution < 1.29 is 19.4 Å². The predicted octanol–water partition coefficient (Wildman–Crippen LogP) is 8.37. The van der Waals surface area contributed by atoms with Crippen molar-refractivity contribution in [3.8, 4) is 5.75 Å². The molecule has 0 radical (unpaired) electrons. The van der Waals surface area contributed by atoms with Crippen LogP contribution in [0.2, 0.25) is 5.02 Å². The van der Waals surface area contributed by atoms with E-state index in [0.717, 1.165) is 37.0 Å². The Bertz CT molecular complexity index is 1120. The fourth-order valence-electron chi connectivity index (χ4n) is 4.58. The van der Waals surface area contributed by atoms with Crippen LogP contribution < -0.4 is 4.74 Å². The Morgan fingerprint density at radius 3 is 2.63 bits per heavy atom.